The SMILES string of the molecule is O=C(O)CNC(=O)c1cc(S(=O)(=O)N2CCOCC2)c[nH]1. The minimum atomic E-state index is -3.68. The highest BCUT2D eigenvalue weighted by molar-refractivity contribution is 7.89. The molecule has 3 N–H and O–H groups in total. The molecule has 116 valence electrons. The molecule has 0 bridgehead atoms. The molecule has 1 saturated heterocycles. The summed E-state index contributed by atoms with van der Waals surface area (Å²) in [4.78, 5) is 24.5. The van der Waals surface area contributed by atoms with Gasteiger partial charge in [-0.3, -0.25) is 9.59 Å². The van der Waals surface area contributed by atoms with Crippen LogP contribution in [0.1, 0.15) is 10.5 Å². The first-order chi connectivity index (χ1) is 9.91. The molecule has 2 heterocycles. The number of nitrogens with one attached hydrogen (secondary N) is 2. The maximum Gasteiger partial charge on any atom is 0.322 e. The smallest absolute Gasteiger partial charge is 0.322 e. The lowest BCUT2D eigenvalue weighted by atomic mass is 10.4. The molecule has 0 spiro atoms. The second-order valence-corrected chi connectivity index (χ2v) is 6.28. The molecule has 0 radical (unpaired) electrons. The zero-order valence-corrected chi connectivity index (χ0v) is 11.9. The molecule has 0 aliphatic carbocycles. The van der Waals surface area contributed by atoms with Crippen LogP contribution in [0.2, 0.25) is 0 Å². The van der Waals surface area contributed by atoms with Crippen molar-refractivity contribution in [3.8, 4) is 0 Å². The van der Waals surface area contributed by atoms with E-state index < -0.39 is 28.4 Å². The lowest BCUT2D eigenvalue weighted by molar-refractivity contribution is -0.135. The maximum absolute atomic E-state index is 12.3. The predicted molar refractivity (Wildman–Crippen MR) is 70.3 cm³/mol. The number of carboxylic acids is 1. The van der Waals surface area contributed by atoms with Crippen molar-refractivity contribution in [1.29, 1.82) is 0 Å². The lowest BCUT2D eigenvalue weighted by Crippen LogP contribution is -2.40. The zero-order valence-electron chi connectivity index (χ0n) is 11.0. The molecular weight excluding hydrogens is 302 g/mol. The first-order valence-electron chi connectivity index (χ1n) is 6.17. The quantitative estimate of drug-likeness (QED) is 0.629. The largest absolute Gasteiger partial charge is 0.480 e. The topological polar surface area (TPSA) is 129 Å². The highest BCUT2D eigenvalue weighted by Crippen LogP contribution is 2.17. The van der Waals surface area contributed by atoms with Crippen LogP contribution < -0.4 is 5.32 Å². The molecule has 1 aliphatic rings. The average molecular weight is 317 g/mol. The number of aromatic amines is 1. The summed E-state index contributed by atoms with van der Waals surface area (Å²) in [6, 6.07) is 1.18. The number of ether oxygens (including phenoxy) is 1. The van der Waals surface area contributed by atoms with E-state index in [1.54, 1.807) is 0 Å². The third kappa shape index (κ3) is 3.60. The van der Waals surface area contributed by atoms with Crippen LogP contribution in [0.4, 0.5) is 0 Å². The van der Waals surface area contributed by atoms with Gasteiger partial charge in [0.25, 0.3) is 5.91 Å². The van der Waals surface area contributed by atoms with Crippen molar-refractivity contribution in [2.24, 2.45) is 0 Å². The van der Waals surface area contributed by atoms with E-state index in [0.717, 1.165) is 0 Å². The van der Waals surface area contributed by atoms with Gasteiger partial charge in [0.1, 0.15) is 17.1 Å². The maximum atomic E-state index is 12.3. The van der Waals surface area contributed by atoms with E-state index in [1.165, 1.54) is 16.6 Å². The van der Waals surface area contributed by atoms with Gasteiger partial charge in [0.05, 0.1) is 13.2 Å². The zero-order chi connectivity index (χ0) is 15.5. The first-order valence-corrected chi connectivity index (χ1v) is 7.61. The van der Waals surface area contributed by atoms with Gasteiger partial charge in [-0.1, -0.05) is 0 Å². The second kappa shape index (κ2) is 6.24. The summed E-state index contributed by atoms with van der Waals surface area (Å²) in [5.74, 6) is -1.86. The van der Waals surface area contributed by atoms with Crippen molar-refractivity contribution in [2.45, 2.75) is 4.90 Å². The molecule has 1 aromatic heterocycles. The number of carbonyl (C=O) groups is 2. The molecule has 0 aromatic carbocycles. The van der Waals surface area contributed by atoms with Gasteiger partial charge in [-0.2, -0.15) is 4.31 Å². The number of hydrogen-bond acceptors (Lipinski definition) is 5. The number of amides is 1. The number of carbonyl (C=O) groups excluding carboxylic acids is 1. The Bertz CT molecular complexity index is 632. The lowest BCUT2D eigenvalue weighted by Gasteiger charge is -2.25. The Kier molecular flexibility index (Phi) is 4.60. The van der Waals surface area contributed by atoms with Crippen LogP contribution >= 0.6 is 0 Å². The van der Waals surface area contributed by atoms with E-state index in [0.29, 0.717) is 13.2 Å². The Morgan fingerprint density at radius 1 is 1.38 bits per heavy atom. The fourth-order valence-corrected chi connectivity index (χ4v) is 3.24. The van der Waals surface area contributed by atoms with Crippen molar-refractivity contribution in [1.82, 2.24) is 14.6 Å². The minimum Gasteiger partial charge on any atom is -0.480 e. The van der Waals surface area contributed by atoms with Crippen LogP contribution in [0.15, 0.2) is 17.2 Å². The highest BCUT2D eigenvalue weighted by Gasteiger charge is 2.27. The van der Waals surface area contributed by atoms with Gasteiger partial charge in [0.15, 0.2) is 0 Å². The van der Waals surface area contributed by atoms with Crippen LogP contribution in [0, 0.1) is 0 Å². The van der Waals surface area contributed by atoms with Crippen LogP contribution in [-0.4, -0.2) is 67.5 Å². The standard InChI is InChI=1S/C11H15N3O6S/c15-10(16)7-13-11(17)9-5-8(6-12-9)21(18,19)14-1-3-20-4-2-14/h5-6,12H,1-4,7H2,(H,13,17)(H,15,16). The molecule has 2 rings (SSSR count). The Hall–Kier alpha value is -1.91. The van der Waals surface area contributed by atoms with Crippen LogP contribution in [0.5, 0.6) is 0 Å². The number of sulfonamides is 1. The van der Waals surface area contributed by atoms with E-state index >= 15 is 0 Å². The summed E-state index contributed by atoms with van der Waals surface area (Å²) in [5, 5.41) is 10.6. The van der Waals surface area contributed by atoms with Crippen molar-refractivity contribution in [3.05, 3.63) is 18.0 Å². The number of morpholine rings is 1. The molecule has 21 heavy (non-hydrogen) atoms. The fraction of sp³-hybridized carbons (Fsp3) is 0.455. The molecule has 0 saturated carbocycles. The molecule has 1 amide bonds. The third-order valence-electron chi connectivity index (χ3n) is 2.91. The number of nitrogens with zero attached hydrogens (tertiary/aromatic N) is 1. The van der Waals surface area contributed by atoms with Gasteiger partial charge in [0.2, 0.25) is 10.0 Å². The summed E-state index contributed by atoms with van der Waals surface area (Å²) in [7, 11) is -3.68. The Labute approximate surface area is 120 Å². The number of hydrogen-bond donors (Lipinski definition) is 3. The summed E-state index contributed by atoms with van der Waals surface area (Å²) in [6.07, 6.45) is 1.21. The van der Waals surface area contributed by atoms with E-state index in [1.807, 2.05) is 0 Å². The van der Waals surface area contributed by atoms with Gasteiger partial charge in [-0.25, -0.2) is 8.42 Å². The van der Waals surface area contributed by atoms with Gasteiger partial charge in [0, 0.05) is 19.3 Å². The van der Waals surface area contributed by atoms with Crippen molar-refractivity contribution < 1.29 is 27.9 Å². The number of H-pyrrole nitrogens is 1. The van der Waals surface area contributed by atoms with Crippen LogP contribution in [0.25, 0.3) is 0 Å². The third-order valence-corrected chi connectivity index (χ3v) is 4.79. The van der Waals surface area contributed by atoms with E-state index in [4.69, 9.17) is 9.84 Å². The molecule has 1 aromatic rings. The Morgan fingerprint density at radius 2 is 2.05 bits per heavy atom. The minimum absolute atomic E-state index is 0.0110. The molecular formula is C11H15N3O6S. The molecule has 0 unspecified atom stereocenters. The molecule has 1 aliphatic heterocycles. The van der Waals surface area contributed by atoms with E-state index in [9.17, 15) is 18.0 Å². The Morgan fingerprint density at radius 3 is 2.67 bits per heavy atom. The predicted octanol–water partition coefficient (Wildman–Crippen LogP) is -1.15. The van der Waals surface area contributed by atoms with Crippen molar-refractivity contribution in [2.75, 3.05) is 32.8 Å². The number of carboxylic acid groups (broad SMARTS) is 1. The monoisotopic (exact) mass is 317 g/mol. The molecule has 10 heteroatoms. The van der Waals surface area contributed by atoms with Gasteiger partial charge < -0.3 is 20.1 Å². The summed E-state index contributed by atoms with van der Waals surface area (Å²) in [6.45, 7) is 0.636. The molecule has 0 atom stereocenters. The van der Waals surface area contributed by atoms with Gasteiger partial charge in [-0.15, -0.1) is 0 Å². The second-order valence-electron chi connectivity index (χ2n) is 4.34. The summed E-state index contributed by atoms with van der Waals surface area (Å²) >= 11 is 0. The normalized spacial score (nSPS) is 16.6. The first kappa shape index (κ1) is 15.5. The number of aromatic nitrogens is 1. The molecule has 1 fully saturated rings. The number of aliphatic carboxylic acids is 1. The van der Waals surface area contributed by atoms with Crippen LogP contribution in [0.3, 0.4) is 0 Å². The fourth-order valence-electron chi connectivity index (χ4n) is 1.84. The summed E-state index contributed by atoms with van der Waals surface area (Å²) in [5.41, 5.74) is -0.0110. The van der Waals surface area contributed by atoms with Crippen molar-refractivity contribution in [3.63, 3.8) is 0 Å². The van der Waals surface area contributed by atoms with E-state index in [2.05, 4.69) is 10.3 Å². The Balaban J connectivity index is 2.11. The van der Waals surface area contributed by atoms with E-state index in [-0.39, 0.29) is 23.7 Å². The van der Waals surface area contributed by atoms with Gasteiger partial charge >= 0.3 is 5.97 Å². The number of rotatable bonds is 5. The average Bonchev–Trinajstić information content (AvgIpc) is 2.96. The molecule has 9 nitrogen and oxygen atoms in total. The van der Waals surface area contributed by atoms with Gasteiger partial charge in [-0.05, 0) is 6.07 Å². The highest BCUT2D eigenvalue weighted by atomic mass is 32.2. The van der Waals surface area contributed by atoms with Crippen molar-refractivity contribution >= 4 is 21.9 Å². The summed E-state index contributed by atoms with van der Waals surface area (Å²) < 4.78 is 31.0. The van der Waals surface area contributed by atoms with Crippen LogP contribution in [-0.2, 0) is 19.6 Å².